The van der Waals surface area contributed by atoms with Crippen molar-refractivity contribution in [3.05, 3.63) is 34.9 Å². The lowest BCUT2D eigenvalue weighted by Crippen LogP contribution is -2.55. The summed E-state index contributed by atoms with van der Waals surface area (Å²) in [5, 5.41) is 5.78. The van der Waals surface area contributed by atoms with Crippen LogP contribution >= 0.6 is 0 Å². The Hall–Kier alpha value is -3.10. The van der Waals surface area contributed by atoms with Crippen molar-refractivity contribution >= 4 is 23.8 Å². The van der Waals surface area contributed by atoms with Crippen molar-refractivity contribution in [2.75, 3.05) is 6.54 Å². The van der Waals surface area contributed by atoms with Gasteiger partial charge in [-0.1, -0.05) is 63.6 Å². The number of nitrogens with two attached hydrogens (primary N) is 1. The summed E-state index contributed by atoms with van der Waals surface area (Å²) < 4.78 is 5.37. The number of unbranched alkanes of at least 4 members (excludes halogenated alkanes) is 3. The highest BCUT2D eigenvalue weighted by Gasteiger charge is 2.38. The fraction of sp³-hybridized carbons (Fsp3) is 0.677. The van der Waals surface area contributed by atoms with E-state index < -0.39 is 42.0 Å². The minimum atomic E-state index is -1.27. The van der Waals surface area contributed by atoms with Crippen molar-refractivity contribution in [3.63, 3.8) is 0 Å². The molecule has 1 aliphatic rings. The maximum atomic E-state index is 14.2. The van der Waals surface area contributed by atoms with E-state index in [0.717, 1.165) is 68.1 Å². The highest BCUT2D eigenvalue weighted by molar-refractivity contribution is 5.95. The molecule has 2 rings (SSSR count). The van der Waals surface area contributed by atoms with Gasteiger partial charge in [0.2, 0.25) is 17.7 Å². The second-order valence-electron chi connectivity index (χ2n) is 12.0. The zero-order chi connectivity index (χ0) is 29.9. The summed E-state index contributed by atoms with van der Waals surface area (Å²) in [5.74, 6) is -1.52. The number of benzene rings is 1. The van der Waals surface area contributed by atoms with E-state index in [1.54, 1.807) is 20.8 Å². The van der Waals surface area contributed by atoms with Gasteiger partial charge in [0.1, 0.15) is 17.7 Å². The van der Waals surface area contributed by atoms with Crippen LogP contribution in [0.15, 0.2) is 18.2 Å². The summed E-state index contributed by atoms with van der Waals surface area (Å²) in [6.07, 6.45) is 7.39. The molecule has 2 unspecified atom stereocenters. The van der Waals surface area contributed by atoms with E-state index in [9.17, 15) is 19.2 Å². The highest BCUT2D eigenvalue weighted by Crippen LogP contribution is 2.30. The predicted octanol–water partition coefficient (Wildman–Crippen LogP) is 4.97. The first kappa shape index (κ1) is 33.1. The predicted molar refractivity (Wildman–Crippen MR) is 156 cm³/mol. The van der Waals surface area contributed by atoms with E-state index in [1.165, 1.54) is 4.90 Å². The third-order valence-corrected chi connectivity index (χ3v) is 7.26. The van der Waals surface area contributed by atoms with E-state index in [4.69, 9.17) is 10.5 Å². The molecule has 0 heterocycles. The Balaban J connectivity index is 2.54. The number of hydrogen-bond donors (Lipinski definition) is 3. The van der Waals surface area contributed by atoms with E-state index in [1.807, 2.05) is 32.0 Å². The topological polar surface area (TPSA) is 131 Å². The second-order valence-corrected chi connectivity index (χ2v) is 12.0. The fourth-order valence-electron chi connectivity index (χ4n) is 5.34. The minimum Gasteiger partial charge on any atom is -0.444 e. The summed E-state index contributed by atoms with van der Waals surface area (Å²) in [6, 6.07) is 3.65. The van der Waals surface area contributed by atoms with Gasteiger partial charge in [0.25, 0.3) is 0 Å². The molecule has 224 valence electrons. The fourth-order valence-corrected chi connectivity index (χ4v) is 5.34. The van der Waals surface area contributed by atoms with Crippen LogP contribution in [0.25, 0.3) is 0 Å². The van der Waals surface area contributed by atoms with Crippen LogP contribution in [-0.2, 0) is 19.1 Å². The molecule has 0 aliphatic heterocycles. The molecule has 9 nitrogen and oxygen atoms in total. The molecular formula is C31H50N4O5. The molecule has 0 bridgehead atoms. The van der Waals surface area contributed by atoms with Crippen LogP contribution in [-0.4, -0.2) is 52.9 Å². The van der Waals surface area contributed by atoms with Gasteiger partial charge in [0.15, 0.2) is 0 Å². The molecule has 1 fully saturated rings. The number of amides is 4. The van der Waals surface area contributed by atoms with Crippen molar-refractivity contribution < 1.29 is 23.9 Å². The van der Waals surface area contributed by atoms with Gasteiger partial charge in [-0.2, -0.15) is 0 Å². The molecule has 2 atom stereocenters. The van der Waals surface area contributed by atoms with Crippen molar-refractivity contribution in [2.45, 2.75) is 129 Å². The number of hydrogen-bond acceptors (Lipinski definition) is 5. The maximum absolute atomic E-state index is 14.2. The van der Waals surface area contributed by atoms with Gasteiger partial charge < -0.3 is 26.0 Å². The van der Waals surface area contributed by atoms with Crippen LogP contribution in [0.5, 0.6) is 0 Å². The summed E-state index contributed by atoms with van der Waals surface area (Å²) in [4.78, 5) is 54.6. The van der Waals surface area contributed by atoms with Crippen LogP contribution < -0.4 is 16.4 Å². The first-order valence-corrected chi connectivity index (χ1v) is 14.8. The van der Waals surface area contributed by atoms with E-state index >= 15 is 0 Å². The van der Waals surface area contributed by atoms with E-state index in [-0.39, 0.29) is 11.9 Å². The molecule has 1 aliphatic carbocycles. The SMILES string of the molecule is CCCCCCN(C(=O)C(CC(N)=O)NC(=O)OC(C)(C)C)C(C(=O)NC1CCCCC1)c1c(C)cccc1C. The first-order chi connectivity index (χ1) is 18.8. The smallest absolute Gasteiger partial charge is 0.408 e. The largest absolute Gasteiger partial charge is 0.444 e. The first-order valence-electron chi connectivity index (χ1n) is 14.8. The number of nitrogens with one attached hydrogen (secondary N) is 2. The number of nitrogens with zero attached hydrogens (tertiary/aromatic N) is 1. The van der Waals surface area contributed by atoms with Crippen LogP contribution in [0.2, 0.25) is 0 Å². The summed E-state index contributed by atoms with van der Waals surface area (Å²) in [6.45, 7) is 11.4. The lowest BCUT2D eigenvalue weighted by atomic mass is 9.91. The maximum Gasteiger partial charge on any atom is 0.408 e. The van der Waals surface area contributed by atoms with Gasteiger partial charge >= 0.3 is 6.09 Å². The summed E-state index contributed by atoms with van der Waals surface area (Å²) in [5.41, 5.74) is 7.25. The zero-order valence-electron chi connectivity index (χ0n) is 25.3. The molecule has 1 aromatic rings. The molecule has 1 saturated carbocycles. The summed E-state index contributed by atoms with van der Waals surface area (Å²) in [7, 11) is 0. The minimum absolute atomic E-state index is 0.0476. The molecule has 0 aromatic heterocycles. The standard InChI is InChI=1S/C31H50N4O5/c1-7-8-9-13-19-35(29(38)24(20-25(32)36)34-30(39)40-31(4,5)6)27(26-21(2)15-14-16-22(26)3)28(37)33-23-17-11-10-12-18-23/h14-16,23-24,27H,7-13,17-20H2,1-6H3,(H2,32,36)(H,33,37)(H,34,39). The highest BCUT2D eigenvalue weighted by atomic mass is 16.6. The number of rotatable bonds is 13. The number of alkyl carbamates (subject to hydrolysis) is 1. The van der Waals surface area contributed by atoms with Crippen LogP contribution in [0.1, 0.15) is 115 Å². The Morgan fingerprint density at radius 2 is 1.65 bits per heavy atom. The van der Waals surface area contributed by atoms with Crippen molar-refractivity contribution in [1.29, 1.82) is 0 Å². The second kappa shape index (κ2) is 15.6. The monoisotopic (exact) mass is 558 g/mol. The van der Waals surface area contributed by atoms with Gasteiger partial charge in [0, 0.05) is 12.6 Å². The number of aryl methyl sites for hydroxylation is 2. The Kier molecular flexibility index (Phi) is 12.9. The molecule has 1 aromatic carbocycles. The van der Waals surface area contributed by atoms with Gasteiger partial charge in [0.05, 0.1) is 6.42 Å². The molecule has 0 saturated heterocycles. The third kappa shape index (κ3) is 10.5. The van der Waals surface area contributed by atoms with Crippen LogP contribution in [0, 0.1) is 13.8 Å². The van der Waals surface area contributed by atoms with Crippen molar-refractivity contribution in [3.8, 4) is 0 Å². The van der Waals surface area contributed by atoms with Crippen molar-refractivity contribution in [2.24, 2.45) is 5.73 Å². The van der Waals surface area contributed by atoms with Crippen LogP contribution in [0.3, 0.4) is 0 Å². The van der Waals surface area contributed by atoms with Gasteiger partial charge in [-0.05, 0) is 70.6 Å². The Morgan fingerprint density at radius 3 is 2.20 bits per heavy atom. The molecule has 4 amide bonds. The zero-order valence-corrected chi connectivity index (χ0v) is 25.3. The number of carbonyl (C=O) groups excluding carboxylic acids is 4. The molecule has 40 heavy (non-hydrogen) atoms. The van der Waals surface area contributed by atoms with E-state index in [0.29, 0.717) is 13.0 Å². The lowest BCUT2D eigenvalue weighted by Gasteiger charge is -2.36. The summed E-state index contributed by atoms with van der Waals surface area (Å²) >= 11 is 0. The normalized spacial score (nSPS) is 15.6. The number of carbonyl (C=O) groups is 4. The molecule has 4 N–H and O–H groups in total. The number of ether oxygens (including phenoxy) is 1. The van der Waals surface area contributed by atoms with E-state index in [2.05, 4.69) is 17.6 Å². The number of primary amides is 1. The van der Waals surface area contributed by atoms with Gasteiger partial charge in [-0.3, -0.25) is 14.4 Å². The van der Waals surface area contributed by atoms with Gasteiger partial charge in [-0.15, -0.1) is 0 Å². The molecule has 0 radical (unpaired) electrons. The van der Waals surface area contributed by atoms with Crippen LogP contribution in [0.4, 0.5) is 4.79 Å². The average molecular weight is 559 g/mol. The molecule has 0 spiro atoms. The molecule has 9 heteroatoms. The average Bonchev–Trinajstić information content (AvgIpc) is 2.85. The van der Waals surface area contributed by atoms with Gasteiger partial charge in [-0.25, -0.2) is 4.79 Å². The Bertz CT molecular complexity index is 993. The third-order valence-electron chi connectivity index (χ3n) is 7.26. The van der Waals surface area contributed by atoms with Crippen molar-refractivity contribution in [1.82, 2.24) is 15.5 Å². The lowest BCUT2D eigenvalue weighted by molar-refractivity contribution is -0.143. The Labute approximate surface area is 240 Å². The quantitative estimate of drug-likeness (QED) is 0.294. The Morgan fingerprint density at radius 1 is 1.02 bits per heavy atom. The molecular weight excluding hydrogens is 508 g/mol.